The van der Waals surface area contributed by atoms with Gasteiger partial charge in [0.05, 0.1) is 19.9 Å². The molecule has 1 atom stereocenters. The van der Waals surface area contributed by atoms with Gasteiger partial charge in [-0.15, -0.1) is 0 Å². The molecular weight excluding hydrogens is 308 g/mol. The molecule has 0 aliphatic carbocycles. The number of carbonyl (C=O) groups excluding carboxylic acids is 1. The van der Waals surface area contributed by atoms with Gasteiger partial charge in [-0.1, -0.05) is 0 Å². The Morgan fingerprint density at radius 1 is 1.13 bits per heavy atom. The lowest BCUT2D eigenvalue weighted by molar-refractivity contribution is 0.0434. The Labute approximate surface area is 130 Å². The number of methoxy groups -OCH3 is 2. The molecule has 3 rings (SSSR count). The molecule has 1 N–H and O–H groups in total. The number of nitrogens with one attached hydrogen (secondary N) is 1. The molecule has 2 aromatic carbocycles. The van der Waals surface area contributed by atoms with Crippen LogP contribution in [0.5, 0.6) is 11.5 Å². The third-order valence-corrected chi connectivity index (χ3v) is 3.51. The van der Waals surface area contributed by atoms with Crippen LogP contribution in [0, 0.1) is 11.6 Å². The average Bonchev–Trinajstić information content (AvgIpc) is 2.85. The zero-order valence-electron chi connectivity index (χ0n) is 12.4. The molecule has 23 heavy (non-hydrogen) atoms. The van der Waals surface area contributed by atoms with Gasteiger partial charge in [-0.2, -0.15) is 0 Å². The Morgan fingerprint density at radius 3 is 2.57 bits per heavy atom. The van der Waals surface area contributed by atoms with Crippen molar-refractivity contribution in [3.05, 3.63) is 53.1 Å². The van der Waals surface area contributed by atoms with Crippen molar-refractivity contribution >= 4 is 11.7 Å². The van der Waals surface area contributed by atoms with E-state index in [4.69, 9.17) is 14.2 Å². The predicted molar refractivity (Wildman–Crippen MR) is 77.7 cm³/mol. The van der Waals surface area contributed by atoms with E-state index < -0.39 is 23.8 Å². The van der Waals surface area contributed by atoms with E-state index in [1.54, 1.807) is 12.1 Å². The van der Waals surface area contributed by atoms with E-state index in [9.17, 15) is 13.6 Å². The average molecular weight is 321 g/mol. The van der Waals surface area contributed by atoms with Crippen LogP contribution in [0.1, 0.15) is 22.1 Å². The van der Waals surface area contributed by atoms with Gasteiger partial charge in [0, 0.05) is 11.6 Å². The number of fused-ring (bicyclic) bond motifs is 1. The lowest BCUT2D eigenvalue weighted by atomic mass is 10.1. The zero-order chi connectivity index (χ0) is 16.6. The summed E-state index contributed by atoms with van der Waals surface area (Å²) in [6, 6.07) is 6.33. The molecule has 120 valence electrons. The lowest BCUT2D eigenvalue weighted by Gasteiger charge is -2.15. The highest BCUT2D eigenvalue weighted by Gasteiger charge is 2.36. The number of ether oxygens (including phenoxy) is 3. The van der Waals surface area contributed by atoms with Gasteiger partial charge >= 0.3 is 5.97 Å². The normalized spacial score (nSPS) is 15.8. The van der Waals surface area contributed by atoms with Gasteiger partial charge in [-0.05, 0) is 24.3 Å². The van der Waals surface area contributed by atoms with Crippen LogP contribution in [0.25, 0.3) is 0 Å². The summed E-state index contributed by atoms with van der Waals surface area (Å²) in [5.74, 6) is -1.45. The second-order valence-corrected chi connectivity index (χ2v) is 4.82. The second-order valence-electron chi connectivity index (χ2n) is 4.82. The monoisotopic (exact) mass is 321 g/mol. The third kappa shape index (κ3) is 2.54. The van der Waals surface area contributed by atoms with Crippen LogP contribution in [-0.4, -0.2) is 20.2 Å². The molecule has 0 fully saturated rings. The minimum atomic E-state index is -0.905. The van der Waals surface area contributed by atoms with Crippen molar-refractivity contribution in [3.63, 3.8) is 0 Å². The molecular formula is C16H13F2NO4. The van der Waals surface area contributed by atoms with Gasteiger partial charge in [0.1, 0.15) is 17.2 Å². The van der Waals surface area contributed by atoms with Gasteiger partial charge in [-0.3, -0.25) is 0 Å². The van der Waals surface area contributed by atoms with Gasteiger partial charge in [-0.25, -0.2) is 13.6 Å². The van der Waals surface area contributed by atoms with Crippen molar-refractivity contribution in [3.8, 4) is 11.5 Å². The van der Waals surface area contributed by atoms with Crippen molar-refractivity contribution < 1.29 is 27.8 Å². The Bertz CT molecular complexity index is 779. The molecule has 0 radical (unpaired) electrons. The number of benzene rings is 2. The summed E-state index contributed by atoms with van der Waals surface area (Å²) < 4.78 is 42.3. The Kier molecular flexibility index (Phi) is 3.77. The van der Waals surface area contributed by atoms with E-state index in [-0.39, 0.29) is 17.0 Å². The molecule has 2 aromatic rings. The summed E-state index contributed by atoms with van der Waals surface area (Å²) in [6.45, 7) is 0. The first-order chi connectivity index (χ1) is 11.0. The molecule has 1 unspecified atom stereocenters. The maximum absolute atomic E-state index is 13.8. The summed E-state index contributed by atoms with van der Waals surface area (Å²) in [7, 11) is 2.86. The van der Waals surface area contributed by atoms with Crippen molar-refractivity contribution in [2.75, 3.05) is 19.5 Å². The number of cyclic esters (lactones) is 1. The maximum Gasteiger partial charge on any atom is 0.344 e. The number of hydrogen-bond donors (Lipinski definition) is 1. The molecule has 0 bridgehead atoms. The predicted octanol–water partition coefficient (Wildman–Crippen LogP) is 3.26. The molecule has 1 heterocycles. The summed E-state index contributed by atoms with van der Waals surface area (Å²) in [6.07, 6.45) is -0.905. The summed E-state index contributed by atoms with van der Waals surface area (Å²) >= 11 is 0. The molecule has 1 aliphatic heterocycles. The molecule has 0 amide bonds. The molecule has 0 aromatic heterocycles. The second kappa shape index (κ2) is 5.75. The zero-order valence-corrected chi connectivity index (χ0v) is 12.4. The van der Waals surface area contributed by atoms with E-state index in [1.165, 1.54) is 20.3 Å². The summed E-state index contributed by atoms with van der Waals surface area (Å²) in [5, 5.41) is 2.73. The standard InChI is InChI=1S/C16H13F2NO4/c1-21-12-6-4-9-13(14(12)22-2)16(20)23-15(9)19-11-5-3-8(17)7-10(11)18/h3-7,15,19H,1-2H3. The van der Waals surface area contributed by atoms with Gasteiger partial charge in [0.25, 0.3) is 0 Å². The van der Waals surface area contributed by atoms with E-state index in [1.807, 2.05) is 0 Å². The molecule has 0 spiro atoms. The van der Waals surface area contributed by atoms with Crippen molar-refractivity contribution in [1.82, 2.24) is 0 Å². The summed E-state index contributed by atoms with van der Waals surface area (Å²) in [5.41, 5.74) is 0.718. The highest BCUT2D eigenvalue weighted by Crippen LogP contribution is 2.42. The number of hydrogen-bond acceptors (Lipinski definition) is 5. The van der Waals surface area contributed by atoms with Crippen LogP contribution in [0.15, 0.2) is 30.3 Å². The highest BCUT2D eigenvalue weighted by molar-refractivity contribution is 5.98. The molecule has 0 saturated heterocycles. The van der Waals surface area contributed by atoms with Gasteiger partial charge in [0.2, 0.25) is 6.23 Å². The summed E-state index contributed by atoms with van der Waals surface area (Å²) in [4.78, 5) is 12.1. The Morgan fingerprint density at radius 2 is 1.91 bits per heavy atom. The molecule has 7 heteroatoms. The smallest absolute Gasteiger partial charge is 0.344 e. The van der Waals surface area contributed by atoms with Crippen molar-refractivity contribution in [2.45, 2.75) is 6.23 Å². The fourth-order valence-corrected chi connectivity index (χ4v) is 2.46. The van der Waals surface area contributed by atoms with Crippen LogP contribution < -0.4 is 14.8 Å². The van der Waals surface area contributed by atoms with Crippen LogP contribution in [0.4, 0.5) is 14.5 Å². The number of esters is 1. The number of anilines is 1. The fraction of sp³-hybridized carbons (Fsp3) is 0.188. The quantitative estimate of drug-likeness (QED) is 0.876. The topological polar surface area (TPSA) is 56.8 Å². The highest BCUT2D eigenvalue weighted by atomic mass is 19.1. The number of halogens is 2. The first-order valence-corrected chi connectivity index (χ1v) is 6.72. The third-order valence-electron chi connectivity index (χ3n) is 3.51. The first-order valence-electron chi connectivity index (χ1n) is 6.72. The number of rotatable bonds is 4. The maximum atomic E-state index is 13.8. The number of carbonyl (C=O) groups is 1. The lowest BCUT2D eigenvalue weighted by Crippen LogP contribution is -2.11. The van der Waals surface area contributed by atoms with Crippen LogP contribution >= 0.6 is 0 Å². The van der Waals surface area contributed by atoms with Crippen LogP contribution in [0.3, 0.4) is 0 Å². The Balaban J connectivity index is 1.99. The van der Waals surface area contributed by atoms with E-state index in [0.29, 0.717) is 11.3 Å². The largest absolute Gasteiger partial charge is 0.493 e. The fourth-order valence-electron chi connectivity index (χ4n) is 2.46. The van der Waals surface area contributed by atoms with E-state index >= 15 is 0 Å². The SMILES string of the molecule is COc1ccc2c(c1OC)C(=O)OC2Nc1ccc(F)cc1F. The molecule has 0 saturated carbocycles. The van der Waals surface area contributed by atoms with E-state index in [0.717, 1.165) is 12.1 Å². The molecule has 5 nitrogen and oxygen atoms in total. The van der Waals surface area contributed by atoms with E-state index in [2.05, 4.69) is 5.32 Å². The van der Waals surface area contributed by atoms with Gasteiger partial charge in [0.15, 0.2) is 11.5 Å². The minimum absolute atomic E-state index is 0.0202. The first kappa shape index (κ1) is 15.1. The Hall–Kier alpha value is -2.83. The van der Waals surface area contributed by atoms with Crippen LogP contribution in [-0.2, 0) is 4.74 Å². The van der Waals surface area contributed by atoms with Crippen molar-refractivity contribution in [1.29, 1.82) is 0 Å². The van der Waals surface area contributed by atoms with Crippen LogP contribution in [0.2, 0.25) is 0 Å². The minimum Gasteiger partial charge on any atom is -0.493 e. The van der Waals surface area contributed by atoms with Gasteiger partial charge < -0.3 is 19.5 Å². The molecule has 1 aliphatic rings. The van der Waals surface area contributed by atoms with Crippen molar-refractivity contribution in [2.24, 2.45) is 0 Å².